The van der Waals surface area contributed by atoms with Crippen molar-refractivity contribution in [3.05, 3.63) is 87.8 Å². The Morgan fingerprint density at radius 3 is 2.32 bits per heavy atom. The molecule has 0 amide bonds. The fourth-order valence-electron chi connectivity index (χ4n) is 5.48. The summed E-state index contributed by atoms with van der Waals surface area (Å²) >= 11 is 0. The topological polar surface area (TPSA) is 90.9 Å². The highest BCUT2D eigenvalue weighted by molar-refractivity contribution is 6.13. The van der Waals surface area contributed by atoms with Crippen molar-refractivity contribution in [1.82, 2.24) is 5.32 Å². The standard InChI is InChI=1S/C31H35NO6/c1-6-19-12-14-20(15-13-19)26-25(30(34)37-7-2)18(4)32-24-17-23(21-10-9-11-22(16-21)36-5)27(29(33)28(24)26)31(35)38-8-3/h9-16,23,26-27,32H,6-8,17H2,1-5H3/t23-,26+,27+/m0/s1. The van der Waals surface area contributed by atoms with Gasteiger partial charge in [-0.2, -0.15) is 0 Å². The van der Waals surface area contributed by atoms with E-state index in [2.05, 4.69) is 12.2 Å². The first-order valence-corrected chi connectivity index (χ1v) is 13.2. The number of esters is 2. The van der Waals surface area contributed by atoms with Crippen LogP contribution in [0.25, 0.3) is 0 Å². The number of ketones is 1. The second kappa shape index (κ2) is 11.7. The minimum Gasteiger partial charge on any atom is -0.497 e. The number of carbonyl (C=O) groups is 3. The van der Waals surface area contributed by atoms with Gasteiger partial charge in [0.25, 0.3) is 0 Å². The summed E-state index contributed by atoms with van der Waals surface area (Å²) < 4.78 is 16.2. The first-order chi connectivity index (χ1) is 18.3. The molecule has 0 spiro atoms. The van der Waals surface area contributed by atoms with Gasteiger partial charge in [0.05, 0.1) is 25.9 Å². The SMILES string of the molecule is CCOC(=O)C1=C(C)NC2=C(C(=O)[C@H](C(=O)OCC)[C@H](c3cccc(OC)c3)C2)[C@@H]1c1ccc(CC)cc1. The van der Waals surface area contributed by atoms with Gasteiger partial charge in [-0.15, -0.1) is 0 Å². The smallest absolute Gasteiger partial charge is 0.336 e. The zero-order valence-electron chi connectivity index (χ0n) is 22.6. The van der Waals surface area contributed by atoms with Gasteiger partial charge in [0.1, 0.15) is 11.7 Å². The van der Waals surface area contributed by atoms with Crippen LogP contribution in [0.15, 0.2) is 71.1 Å². The lowest BCUT2D eigenvalue weighted by molar-refractivity contribution is -0.152. The second-order valence-electron chi connectivity index (χ2n) is 9.49. The molecule has 0 aromatic heterocycles. The lowest BCUT2D eigenvalue weighted by atomic mass is 9.67. The Balaban J connectivity index is 1.89. The van der Waals surface area contributed by atoms with Crippen LogP contribution in [0.5, 0.6) is 5.75 Å². The number of benzene rings is 2. The van der Waals surface area contributed by atoms with Gasteiger partial charge in [-0.05, 0) is 62.4 Å². The normalized spacial score (nSPS) is 21.0. The predicted octanol–water partition coefficient (Wildman–Crippen LogP) is 4.97. The molecule has 38 heavy (non-hydrogen) atoms. The van der Waals surface area contributed by atoms with Crippen molar-refractivity contribution >= 4 is 17.7 Å². The zero-order chi connectivity index (χ0) is 27.4. The summed E-state index contributed by atoms with van der Waals surface area (Å²) in [6, 6.07) is 15.3. The molecule has 0 unspecified atom stereocenters. The molecule has 0 saturated heterocycles. The van der Waals surface area contributed by atoms with Crippen LogP contribution in [0, 0.1) is 5.92 Å². The number of allylic oxidation sites excluding steroid dienone is 3. The molecule has 1 N–H and O–H groups in total. The quantitative estimate of drug-likeness (QED) is 0.390. The third-order valence-corrected chi connectivity index (χ3v) is 7.30. The molecule has 1 heterocycles. The van der Waals surface area contributed by atoms with Crippen LogP contribution in [0.4, 0.5) is 0 Å². The van der Waals surface area contributed by atoms with Crippen LogP contribution in [0.3, 0.4) is 0 Å². The van der Waals surface area contributed by atoms with Gasteiger partial charge in [0.2, 0.25) is 0 Å². The summed E-state index contributed by atoms with van der Waals surface area (Å²) in [6.07, 6.45) is 1.26. The number of nitrogens with one attached hydrogen (secondary N) is 1. The molecule has 2 aromatic carbocycles. The number of Topliss-reactive ketones (excluding diaryl/α,β-unsaturated/α-hetero) is 1. The Morgan fingerprint density at radius 2 is 1.68 bits per heavy atom. The molecule has 0 radical (unpaired) electrons. The molecule has 0 fully saturated rings. The second-order valence-corrected chi connectivity index (χ2v) is 9.49. The monoisotopic (exact) mass is 517 g/mol. The van der Waals surface area contributed by atoms with Crippen LogP contribution in [0.1, 0.15) is 62.6 Å². The highest BCUT2D eigenvalue weighted by Crippen LogP contribution is 2.48. The number of dihydropyridines is 1. The van der Waals surface area contributed by atoms with Crippen LogP contribution >= 0.6 is 0 Å². The van der Waals surface area contributed by atoms with Crippen LogP contribution < -0.4 is 10.1 Å². The van der Waals surface area contributed by atoms with Crippen LogP contribution in [-0.2, 0) is 30.3 Å². The molecule has 7 heteroatoms. The fraction of sp³-hybridized carbons (Fsp3) is 0.387. The van der Waals surface area contributed by atoms with Crippen molar-refractivity contribution in [2.75, 3.05) is 20.3 Å². The zero-order valence-corrected chi connectivity index (χ0v) is 22.6. The molecule has 1 aliphatic heterocycles. The van der Waals surface area contributed by atoms with Gasteiger partial charge in [0, 0.05) is 28.8 Å². The van der Waals surface area contributed by atoms with E-state index in [1.165, 1.54) is 0 Å². The number of methoxy groups -OCH3 is 1. The number of rotatable bonds is 8. The van der Waals surface area contributed by atoms with E-state index in [1.54, 1.807) is 21.0 Å². The average molecular weight is 518 g/mol. The summed E-state index contributed by atoms with van der Waals surface area (Å²) in [5.41, 5.74) is 4.90. The Bertz CT molecular complexity index is 1290. The Morgan fingerprint density at radius 1 is 0.974 bits per heavy atom. The Hall–Kier alpha value is -3.87. The van der Waals surface area contributed by atoms with Crippen LogP contribution in [0.2, 0.25) is 0 Å². The predicted molar refractivity (Wildman–Crippen MR) is 144 cm³/mol. The maximum atomic E-state index is 14.3. The van der Waals surface area contributed by atoms with E-state index in [-0.39, 0.29) is 19.0 Å². The third-order valence-electron chi connectivity index (χ3n) is 7.30. The van der Waals surface area contributed by atoms with Gasteiger partial charge in [-0.1, -0.05) is 43.3 Å². The Kier molecular flexibility index (Phi) is 8.35. The highest BCUT2D eigenvalue weighted by atomic mass is 16.5. The van der Waals surface area contributed by atoms with Crippen molar-refractivity contribution in [2.24, 2.45) is 5.92 Å². The van der Waals surface area contributed by atoms with Crippen molar-refractivity contribution < 1.29 is 28.6 Å². The summed E-state index contributed by atoms with van der Waals surface area (Å²) in [4.78, 5) is 40.9. The molecule has 2 aromatic rings. The van der Waals surface area contributed by atoms with Crippen molar-refractivity contribution in [3.8, 4) is 5.75 Å². The van der Waals surface area contributed by atoms with Crippen molar-refractivity contribution in [3.63, 3.8) is 0 Å². The van der Waals surface area contributed by atoms with Gasteiger partial charge in [-0.3, -0.25) is 9.59 Å². The third kappa shape index (κ3) is 5.10. The largest absolute Gasteiger partial charge is 0.497 e. The number of aryl methyl sites for hydroxylation is 1. The van der Waals surface area contributed by atoms with E-state index >= 15 is 0 Å². The van der Waals surface area contributed by atoms with E-state index in [9.17, 15) is 14.4 Å². The van der Waals surface area contributed by atoms with Crippen molar-refractivity contribution in [2.45, 2.75) is 52.4 Å². The molecule has 4 rings (SSSR count). The van der Waals surface area contributed by atoms with Gasteiger partial charge < -0.3 is 19.5 Å². The molecule has 2 aliphatic rings. The van der Waals surface area contributed by atoms with E-state index in [0.717, 1.165) is 23.1 Å². The lowest BCUT2D eigenvalue weighted by Gasteiger charge is -2.39. The summed E-state index contributed by atoms with van der Waals surface area (Å²) in [5, 5.41) is 3.33. The minimum atomic E-state index is -1.05. The molecule has 7 nitrogen and oxygen atoms in total. The van der Waals surface area contributed by atoms with Crippen molar-refractivity contribution in [1.29, 1.82) is 0 Å². The molecular weight excluding hydrogens is 482 g/mol. The van der Waals surface area contributed by atoms with E-state index in [1.807, 2.05) is 55.5 Å². The number of hydrogen-bond donors (Lipinski definition) is 1. The number of hydrogen-bond acceptors (Lipinski definition) is 7. The molecular formula is C31H35NO6. The maximum absolute atomic E-state index is 14.3. The van der Waals surface area contributed by atoms with E-state index in [4.69, 9.17) is 14.2 Å². The summed E-state index contributed by atoms with van der Waals surface area (Å²) in [5.74, 6) is -2.92. The first-order valence-electron chi connectivity index (χ1n) is 13.2. The lowest BCUT2D eigenvalue weighted by Crippen LogP contribution is -2.43. The van der Waals surface area contributed by atoms with E-state index in [0.29, 0.717) is 34.7 Å². The van der Waals surface area contributed by atoms with E-state index < -0.39 is 29.7 Å². The Labute approximate surface area is 223 Å². The summed E-state index contributed by atoms with van der Waals surface area (Å²) in [7, 11) is 1.58. The van der Waals surface area contributed by atoms with Gasteiger partial charge in [-0.25, -0.2) is 4.79 Å². The van der Waals surface area contributed by atoms with Crippen LogP contribution in [-0.4, -0.2) is 38.0 Å². The number of ether oxygens (including phenoxy) is 3. The van der Waals surface area contributed by atoms with Gasteiger partial charge >= 0.3 is 11.9 Å². The first kappa shape index (κ1) is 27.2. The van der Waals surface area contributed by atoms with Gasteiger partial charge in [0.15, 0.2) is 5.78 Å². The maximum Gasteiger partial charge on any atom is 0.336 e. The molecule has 3 atom stereocenters. The fourth-order valence-corrected chi connectivity index (χ4v) is 5.48. The average Bonchev–Trinajstić information content (AvgIpc) is 2.92. The highest BCUT2D eigenvalue weighted by Gasteiger charge is 2.49. The number of carbonyl (C=O) groups excluding carboxylic acids is 3. The summed E-state index contributed by atoms with van der Waals surface area (Å²) in [6.45, 7) is 7.74. The molecule has 1 aliphatic carbocycles. The minimum absolute atomic E-state index is 0.159. The molecule has 0 bridgehead atoms. The molecule has 200 valence electrons. The molecule has 0 saturated carbocycles.